The highest BCUT2D eigenvalue weighted by Crippen LogP contribution is 2.42. The van der Waals surface area contributed by atoms with Gasteiger partial charge in [-0.05, 0) is 45.7 Å². The van der Waals surface area contributed by atoms with Crippen LogP contribution in [0.15, 0.2) is 36.4 Å². The predicted octanol–water partition coefficient (Wildman–Crippen LogP) is 6.31. The fourth-order valence-corrected chi connectivity index (χ4v) is 2.70. The minimum atomic E-state index is -0.0618. The molecule has 0 atom stereocenters. The van der Waals surface area contributed by atoms with Gasteiger partial charge in [0.05, 0.1) is 0 Å². The number of rotatable bonds is 1. The molecular formula is C20H25ClO. The molecule has 0 fully saturated rings. The van der Waals surface area contributed by atoms with E-state index in [9.17, 15) is 5.11 Å². The second kappa shape index (κ2) is 5.62. The van der Waals surface area contributed by atoms with E-state index in [4.69, 9.17) is 11.6 Å². The molecule has 0 aromatic heterocycles. The number of phenols is 1. The fraction of sp³-hybridized carbons (Fsp3) is 0.400. The lowest BCUT2D eigenvalue weighted by Crippen LogP contribution is -2.17. The molecule has 2 aromatic rings. The lowest BCUT2D eigenvalue weighted by molar-refractivity contribution is 0.468. The summed E-state index contributed by atoms with van der Waals surface area (Å²) in [4.78, 5) is 0. The van der Waals surface area contributed by atoms with Crippen molar-refractivity contribution >= 4 is 11.6 Å². The number of hydrogen-bond acceptors (Lipinski definition) is 1. The maximum absolute atomic E-state index is 10.7. The Morgan fingerprint density at radius 3 is 1.82 bits per heavy atom. The zero-order chi connectivity index (χ0) is 16.7. The van der Waals surface area contributed by atoms with Crippen LogP contribution in [0.5, 0.6) is 5.75 Å². The maximum atomic E-state index is 10.7. The molecule has 2 rings (SSSR count). The molecule has 0 heterocycles. The number of hydrogen-bond donors (Lipinski definition) is 1. The molecule has 0 spiro atoms. The Morgan fingerprint density at radius 1 is 0.818 bits per heavy atom. The summed E-state index contributed by atoms with van der Waals surface area (Å²) < 4.78 is 0. The molecule has 22 heavy (non-hydrogen) atoms. The van der Waals surface area contributed by atoms with Gasteiger partial charge < -0.3 is 5.11 Å². The number of benzene rings is 2. The van der Waals surface area contributed by atoms with E-state index in [2.05, 4.69) is 47.6 Å². The van der Waals surface area contributed by atoms with Crippen LogP contribution in [-0.4, -0.2) is 5.11 Å². The van der Waals surface area contributed by atoms with Crippen LogP contribution in [-0.2, 0) is 10.8 Å². The van der Waals surface area contributed by atoms with Crippen molar-refractivity contribution in [2.24, 2.45) is 0 Å². The first-order valence-electron chi connectivity index (χ1n) is 7.64. The summed E-state index contributed by atoms with van der Waals surface area (Å²) in [6, 6.07) is 11.8. The van der Waals surface area contributed by atoms with Gasteiger partial charge in [0.15, 0.2) is 0 Å². The summed E-state index contributed by atoms with van der Waals surface area (Å²) >= 11 is 5.99. The van der Waals surface area contributed by atoms with Gasteiger partial charge in [0, 0.05) is 10.6 Å². The third-order valence-corrected chi connectivity index (χ3v) is 4.18. The van der Waals surface area contributed by atoms with Crippen LogP contribution in [0.4, 0.5) is 0 Å². The average molecular weight is 317 g/mol. The zero-order valence-corrected chi connectivity index (χ0v) is 15.0. The molecule has 0 radical (unpaired) electrons. The molecular weight excluding hydrogens is 292 g/mol. The van der Waals surface area contributed by atoms with E-state index < -0.39 is 0 Å². The van der Waals surface area contributed by atoms with Gasteiger partial charge >= 0.3 is 0 Å². The van der Waals surface area contributed by atoms with Gasteiger partial charge in [0.25, 0.3) is 0 Å². The van der Waals surface area contributed by atoms with Crippen LogP contribution < -0.4 is 0 Å². The highest BCUT2D eigenvalue weighted by atomic mass is 35.5. The smallest absolute Gasteiger partial charge is 0.123 e. The average Bonchev–Trinajstić information content (AvgIpc) is 2.37. The Labute approximate surface area is 139 Å². The SMILES string of the molecule is CC(C)(C)c1cc(O)c(-c2ccc(Cl)cc2)c(C(C)(C)C)c1. The standard InChI is InChI=1S/C20H25ClO/c1-19(2,3)14-11-16(20(4,5)6)18(17(22)12-14)13-7-9-15(21)10-8-13/h7-12,22H,1-6H3. The second-order valence-electron chi connectivity index (χ2n) is 7.92. The normalized spacial score (nSPS) is 12.5. The molecule has 0 bridgehead atoms. The third kappa shape index (κ3) is 3.47. The quantitative estimate of drug-likeness (QED) is 0.653. The fourth-order valence-electron chi connectivity index (χ4n) is 2.57. The molecule has 1 N–H and O–H groups in total. The Balaban J connectivity index is 2.75. The van der Waals surface area contributed by atoms with Crippen molar-refractivity contribution in [2.75, 3.05) is 0 Å². The van der Waals surface area contributed by atoms with E-state index in [1.54, 1.807) is 0 Å². The summed E-state index contributed by atoms with van der Waals surface area (Å²) in [6.45, 7) is 13.0. The Kier molecular flexibility index (Phi) is 4.32. The Morgan fingerprint density at radius 2 is 1.36 bits per heavy atom. The highest BCUT2D eigenvalue weighted by molar-refractivity contribution is 6.30. The molecule has 118 valence electrons. The van der Waals surface area contributed by atoms with Gasteiger partial charge in [0.1, 0.15) is 5.75 Å². The van der Waals surface area contributed by atoms with E-state index in [1.807, 2.05) is 30.3 Å². The first kappa shape index (κ1) is 16.9. The topological polar surface area (TPSA) is 20.2 Å². The van der Waals surface area contributed by atoms with E-state index in [0.29, 0.717) is 10.8 Å². The highest BCUT2D eigenvalue weighted by Gasteiger charge is 2.25. The zero-order valence-electron chi connectivity index (χ0n) is 14.3. The second-order valence-corrected chi connectivity index (χ2v) is 8.36. The Bertz CT molecular complexity index is 671. The van der Waals surface area contributed by atoms with Crippen molar-refractivity contribution in [2.45, 2.75) is 52.4 Å². The van der Waals surface area contributed by atoms with Crippen LogP contribution >= 0.6 is 11.6 Å². The monoisotopic (exact) mass is 316 g/mol. The van der Waals surface area contributed by atoms with Gasteiger partial charge in [-0.3, -0.25) is 0 Å². The lowest BCUT2D eigenvalue weighted by Gasteiger charge is -2.28. The third-order valence-electron chi connectivity index (χ3n) is 3.92. The molecule has 0 saturated heterocycles. The molecule has 2 aromatic carbocycles. The largest absolute Gasteiger partial charge is 0.507 e. The first-order valence-corrected chi connectivity index (χ1v) is 8.02. The van der Waals surface area contributed by atoms with Gasteiger partial charge in [-0.15, -0.1) is 0 Å². The van der Waals surface area contributed by atoms with E-state index in [0.717, 1.165) is 22.3 Å². The van der Waals surface area contributed by atoms with Crippen LogP contribution in [0.2, 0.25) is 5.02 Å². The van der Waals surface area contributed by atoms with Crippen molar-refractivity contribution in [3.63, 3.8) is 0 Å². The summed E-state index contributed by atoms with van der Waals surface area (Å²) in [5, 5.41) is 11.4. The van der Waals surface area contributed by atoms with Crippen molar-refractivity contribution in [3.8, 4) is 16.9 Å². The van der Waals surface area contributed by atoms with E-state index in [-0.39, 0.29) is 10.8 Å². The lowest BCUT2D eigenvalue weighted by atomic mass is 9.77. The summed E-state index contributed by atoms with van der Waals surface area (Å²) in [5.74, 6) is 0.333. The van der Waals surface area contributed by atoms with E-state index >= 15 is 0 Å². The first-order chi connectivity index (χ1) is 10.00. The molecule has 0 aliphatic carbocycles. The summed E-state index contributed by atoms with van der Waals surface area (Å²) in [7, 11) is 0. The minimum Gasteiger partial charge on any atom is -0.507 e. The molecule has 0 aliphatic rings. The number of aromatic hydroxyl groups is 1. The minimum absolute atomic E-state index is 0.00396. The molecule has 0 amide bonds. The molecule has 2 heteroatoms. The predicted molar refractivity (Wildman–Crippen MR) is 96.0 cm³/mol. The van der Waals surface area contributed by atoms with Crippen LogP contribution in [0.1, 0.15) is 52.7 Å². The van der Waals surface area contributed by atoms with Crippen LogP contribution in [0.3, 0.4) is 0 Å². The van der Waals surface area contributed by atoms with E-state index in [1.165, 1.54) is 0 Å². The van der Waals surface area contributed by atoms with Crippen molar-refractivity contribution in [1.82, 2.24) is 0 Å². The van der Waals surface area contributed by atoms with Gasteiger partial charge in [-0.25, -0.2) is 0 Å². The molecule has 1 nitrogen and oxygen atoms in total. The molecule has 0 unspecified atom stereocenters. The maximum Gasteiger partial charge on any atom is 0.123 e. The molecule has 0 aliphatic heterocycles. The molecule has 0 saturated carbocycles. The van der Waals surface area contributed by atoms with Crippen molar-refractivity contribution in [1.29, 1.82) is 0 Å². The van der Waals surface area contributed by atoms with Gasteiger partial charge in [-0.1, -0.05) is 71.3 Å². The van der Waals surface area contributed by atoms with Crippen molar-refractivity contribution in [3.05, 3.63) is 52.5 Å². The Hall–Kier alpha value is -1.47. The van der Waals surface area contributed by atoms with Crippen molar-refractivity contribution < 1.29 is 5.11 Å². The van der Waals surface area contributed by atoms with Crippen LogP contribution in [0, 0.1) is 0 Å². The summed E-state index contributed by atoms with van der Waals surface area (Å²) in [5.41, 5.74) is 4.13. The number of halogens is 1. The van der Waals surface area contributed by atoms with Gasteiger partial charge in [0.2, 0.25) is 0 Å². The van der Waals surface area contributed by atoms with Crippen LogP contribution in [0.25, 0.3) is 11.1 Å². The van der Waals surface area contributed by atoms with Gasteiger partial charge in [-0.2, -0.15) is 0 Å². The number of phenolic OH excluding ortho intramolecular Hbond substituents is 1. The summed E-state index contributed by atoms with van der Waals surface area (Å²) in [6.07, 6.45) is 0.